The van der Waals surface area contributed by atoms with Gasteiger partial charge in [-0.25, -0.2) is 4.39 Å². The van der Waals surface area contributed by atoms with Crippen molar-refractivity contribution >= 4 is 11.6 Å². The molecule has 0 saturated heterocycles. The minimum Gasteiger partial charge on any atom is -0.298 e. The first-order valence-electron chi connectivity index (χ1n) is 5.86. The molecule has 2 aromatic carbocycles. The van der Waals surface area contributed by atoms with Crippen LogP contribution in [-0.2, 0) is 6.18 Å². The van der Waals surface area contributed by atoms with Crippen LogP contribution >= 0.6 is 0 Å². The molecule has 2 aromatic rings. The summed E-state index contributed by atoms with van der Waals surface area (Å²) in [6.45, 7) is 0. The lowest BCUT2D eigenvalue weighted by Gasteiger charge is -2.11. The summed E-state index contributed by atoms with van der Waals surface area (Å²) in [5.41, 5.74) is 3.43. The summed E-state index contributed by atoms with van der Waals surface area (Å²) in [7, 11) is 0. The molecule has 0 unspecified atom stereocenters. The number of nitrogens with one attached hydrogen (secondary N) is 2. The van der Waals surface area contributed by atoms with Crippen molar-refractivity contribution in [3.05, 3.63) is 65.5 Å². The minimum absolute atomic E-state index is 0.0366. The largest absolute Gasteiger partial charge is 0.416 e. The van der Waals surface area contributed by atoms with E-state index in [9.17, 15) is 22.4 Å². The molecule has 0 aliphatic rings. The molecule has 2 rings (SSSR count). The first kappa shape index (κ1) is 14.8. The number of benzene rings is 2. The van der Waals surface area contributed by atoms with Gasteiger partial charge in [0, 0.05) is 0 Å². The molecule has 0 aliphatic carbocycles. The Morgan fingerprint density at radius 3 is 2.38 bits per heavy atom. The van der Waals surface area contributed by atoms with E-state index in [4.69, 9.17) is 0 Å². The maximum atomic E-state index is 13.3. The molecule has 110 valence electrons. The van der Waals surface area contributed by atoms with Crippen LogP contribution in [0.15, 0.2) is 48.5 Å². The first-order valence-corrected chi connectivity index (χ1v) is 5.86. The van der Waals surface area contributed by atoms with Crippen LogP contribution in [0.25, 0.3) is 0 Å². The Kier molecular flexibility index (Phi) is 4.11. The van der Waals surface area contributed by atoms with E-state index in [1.807, 2.05) is 0 Å². The monoisotopic (exact) mass is 298 g/mol. The number of carbonyl (C=O) groups is 1. The number of hydrogen-bond donors (Lipinski definition) is 2. The lowest BCUT2D eigenvalue weighted by atomic mass is 10.2. The van der Waals surface area contributed by atoms with E-state index in [0.717, 1.165) is 18.2 Å². The van der Waals surface area contributed by atoms with Gasteiger partial charge in [-0.2, -0.15) is 13.2 Å². The van der Waals surface area contributed by atoms with Crippen LogP contribution in [-0.4, -0.2) is 5.91 Å². The summed E-state index contributed by atoms with van der Waals surface area (Å²) in [5.74, 6) is -1.51. The van der Waals surface area contributed by atoms with Gasteiger partial charge in [0.05, 0.1) is 16.8 Å². The number of carbonyl (C=O) groups excluding carboxylic acids is 1. The van der Waals surface area contributed by atoms with Gasteiger partial charge in [-0.3, -0.25) is 15.6 Å². The molecule has 3 nitrogen and oxygen atoms in total. The predicted molar refractivity (Wildman–Crippen MR) is 68.9 cm³/mol. The van der Waals surface area contributed by atoms with Gasteiger partial charge in [0.2, 0.25) is 0 Å². The fourth-order valence-electron chi connectivity index (χ4n) is 1.61. The van der Waals surface area contributed by atoms with Gasteiger partial charge < -0.3 is 0 Å². The average molecular weight is 298 g/mol. The molecule has 0 aromatic heterocycles. The van der Waals surface area contributed by atoms with Gasteiger partial charge in [-0.1, -0.05) is 18.2 Å². The molecular formula is C14H10F4N2O. The molecule has 0 atom stereocenters. The third-order valence-corrected chi connectivity index (χ3v) is 2.63. The van der Waals surface area contributed by atoms with E-state index < -0.39 is 23.5 Å². The molecule has 0 spiro atoms. The Morgan fingerprint density at radius 1 is 1.00 bits per heavy atom. The fraction of sp³-hybridized carbons (Fsp3) is 0.0714. The highest BCUT2D eigenvalue weighted by Crippen LogP contribution is 2.30. The van der Waals surface area contributed by atoms with Crippen molar-refractivity contribution in [2.45, 2.75) is 6.18 Å². The van der Waals surface area contributed by atoms with Gasteiger partial charge >= 0.3 is 6.18 Å². The topological polar surface area (TPSA) is 41.1 Å². The van der Waals surface area contributed by atoms with E-state index in [1.54, 1.807) is 0 Å². The summed E-state index contributed by atoms with van der Waals surface area (Å²) in [5, 5.41) is 0. The summed E-state index contributed by atoms with van der Waals surface area (Å²) in [6, 6.07) is 9.55. The molecule has 0 heterocycles. The lowest BCUT2D eigenvalue weighted by Crippen LogP contribution is -2.30. The van der Waals surface area contributed by atoms with Gasteiger partial charge in [0.1, 0.15) is 5.82 Å². The molecule has 0 bridgehead atoms. The summed E-state index contributed by atoms with van der Waals surface area (Å²) >= 11 is 0. The highest BCUT2D eigenvalue weighted by Gasteiger charge is 2.30. The Balaban J connectivity index is 2.07. The first-order chi connectivity index (χ1) is 9.88. The van der Waals surface area contributed by atoms with Gasteiger partial charge in [-0.15, -0.1) is 0 Å². The summed E-state index contributed by atoms with van der Waals surface area (Å²) in [6.07, 6.45) is -4.48. The van der Waals surface area contributed by atoms with E-state index in [-0.39, 0.29) is 11.3 Å². The SMILES string of the molecule is O=C(NNc1cccc(C(F)(F)F)c1)c1ccccc1F. The van der Waals surface area contributed by atoms with Crippen LogP contribution in [0.2, 0.25) is 0 Å². The molecule has 21 heavy (non-hydrogen) atoms. The van der Waals surface area contributed by atoms with Crippen molar-refractivity contribution in [1.82, 2.24) is 5.43 Å². The summed E-state index contributed by atoms with van der Waals surface area (Å²) < 4.78 is 50.9. The number of hydrogen-bond acceptors (Lipinski definition) is 2. The third kappa shape index (κ3) is 3.71. The minimum atomic E-state index is -4.48. The molecule has 2 N–H and O–H groups in total. The smallest absolute Gasteiger partial charge is 0.298 e. The molecule has 0 aliphatic heterocycles. The molecule has 0 radical (unpaired) electrons. The number of anilines is 1. The predicted octanol–water partition coefficient (Wildman–Crippen LogP) is 3.60. The Morgan fingerprint density at radius 2 is 1.71 bits per heavy atom. The van der Waals surface area contributed by atoms with E-state index >= 15 is 0 Å². The van der Waals surface area contributed by atoms with Crippen molar-refractivity contribution in [2.75, 3.05) is 5.43 Å². The van der Waals surface area contributed by atoms with Crippen molar-refractivity contribution in [3.63, 3.8) is 0 Å². The van der Waals surface area contributed by atoms with Crippen LogP contribution in [0, 0.1) is 5.82 Å². The Bertz CT molecular complexity index is 655. The van der Waals surface area contributed by atoms with E-state index in [0.29, 0.717) is 0 Å². The molecule has 0 fully saturated rings. The molecule has 0 saturated carbocycles. The molecule has 1 amide bonds. The third-order valence-electron chi connectivity index (χ3n) is 2.63. The quantitative estimate of drug-likeness (QED) is 0.671. The van der Waals surface area contributed by atoms with Gasteiger partial charge in [0.15, 0.2) is 0 Å². The second kappa shape index (κ2) is 5.82. The van der Waals surface area contributed by atoms with Crippen molar-refractivity contribution in [2.24, 2.45) is 0 Å². The zero-order valence-electron chi connectivity index (χ0n) is 10.5. The number of alkyl halides is 3. The number of halogens is 4. The van der Waals surface area contributed by atoms with Gasteiger partial charge in [-0.05, 0) is 30.3 Å². The maximum absolute atomic E-state index is 13.3. The van der Waals surface area contributed by atoms with Crippen molar-refractivity contribution in [3.8, 4) is 0 Å². The standard InChI is InChI=1S/C14H10F4N2O/c15-12-7-2-1-6-11(12)13(21)20-19-10-5-3-4-9(8-10)14(16,17)18/h1-8,19H,(H,20,21). The molecule has 7 heteroatoms. The van der Waals surface area contributed by atoms with E-state index in [1.165, 1.54) is 30.3 Å². The van der Waals surface area contributed by atoms with Crippen LogP contribution in [0.1, 0.15) is 15.9 Å². The maximum Gasteiger partial charge on any atom is 0.416 e. The van der Waals surface area contributed by atoms with E-state index in [2.05, 4.69) is 10.9 Å². The summed E-state index contributed by atoms with van der Waals surface area (Å²) in [4.78, 5) is 11.7. The normalized spacial score (nSPS) is 11.0. The highest BCUT2D eigenvalue weighted by molar-refractivity contribution is 5.95. The Labute approximate surface area is 117 Å². The van der Waals surface area contributed by atoms with Crippen LogP contribution in [0.3, 0.4) is 0 Å². The highest BCUT2D eigenvalue weighted by atomic mass is 19.4. The molecular weight excluding hydrogens is 288 g/mol. The van der Waals surface area contributed by atoms with Crippen molar-refractivity contribution in [1.29, 1.82) is 0 Å². The number of rotatable bonds is 3. The average Bonchev–Trinajstić information content (AvgIpc) is 2.45. The van der Waals surface area contributed by atoms with Crippen LogP contribution < -0.4 is 10.9 Å². The van der Waals surface area contributed by atoms with Crippen molar-refractivity contribution < 1.29 is 22.4 Å². The lowest BCUT2D eigenvalue weighted by molar-refractivity contribution is -0.137. The van der Waals surface area contributed by atoms with Gasteiger partial charge in [0.25, 0.3) is 5.91 Å². The fourth-order valence-corrected chi connectivity index (χ4v) is 1.61. The zero-order valence-corrected chi connectivity index (χ0v) is 10.5. The number of hydrazine groups is 1. The number of amides is 1. The second-order valence-corrected chi connectivity index (χ2v) is 4.14. The van der Waals surface area contributed by atoms with Crippen LogP contribution in [0.5, 0.6) is 0 Å². The Hall–Kier alpha value is -2.57. The second-order valence-electron chi connectivity index (χ2n) is 4.14. The zero-order chi connectivity index (χ0) is 15.5. The van der Waals surface area contributed by atoms with Crippen LogP contribution in [0.4, 0.5) is 23.2 Å².